The molecule has 0 N–H and O–H groups in total. The summed E-state index contributed by atoms with van der Waals surface area (Å²) < 4.78 is 5.56. The summed E-state index contributed by atoms with van der Waals surface area (Å²) in [6, 6.07) is 5.29. The van der Waals surface area contributed by atoms with E-state index in [1.165, 1.54) is 0 Å². The number of carbonyl (C=O) groups excluding carboxylic acids is 1. The van der Waals surface area contributed by atoms with Crippen LogP contribution in [0, 0.1) is 6.92 Å². The molecule has 2 heterocycles. The zero-order valence-electron chi connectivity index (χ0n) is 12.3. The number of aryl methyl sites for hydroxylation is 1. The van der Waals surface area contributed by atoms with Crippen molar-refractivity contribution >= 4 is 45.1 Å². The van der Waals surface area contributed by atoms with Gasteiger partial charge in [-0.3, -0.25) is 0 Å². The predicted octanol–water partition coefficient (Wildman–Crippen LogP) is 3.54. The molecule has 0 amide bonds. The van der Waals surface area contributed by atoms with Crippen LogP contribution in [0.1, 0.15) is 23.0 Å². The van der Waals surface area contributed by atoms with Gasteiger partial charge in [-0.2, -0.15) is 0 Å². The standard InChI is InChI=1S/C14H14BrClN4O2/c1-4-22-14(21)12-9(15)5-6-10(17-12)20(3)11-7-8(2)13(16)19-18-11/h5-7H,4H2,1-3H3. The third-order valence-corrected chi connectivity index (χ3v) is 3.91. The summed E-state index contributed by atoms with van der Waals surface area (Å²) in [5.41, 5.74) is 1.02. The Hall–Kier alpha value is -1.73. The molecule has 0 fully saturated rings. The maximum absolute atomic E-state index is 11.9. The van der Waals surface area contributed by atoms with Crippen molar-refractivity contribution in [3.05, 3.63) is 39.1 Å². The van der Waals surface area contributed by atoms with Crippen LogP contribution in [0.5, 0.6) is 0 Å². The number of anilines is 2. The number of hydrogen-bond donors (Lipinski definition) is 0. The number of pyridine rings is 1. The van der Waals surface area contributed by atoms with E-state index in [4.69, 9.17) is 16.3 Å². The van der Waals surface area contributed by atoms with Gasteiger partial charge in [0.15, 0.2) is 16.7 Å². The Labute approximate surface area is 141 Å². The second-order valence-electron chi connectivity index (χ2n) is 4.46. The van der Waals surface area contributed by atoms with Gasteiger partial charge in [-0.25, -0.2) is 9.78 Å². The van der Waals surface area contributed by atoms with Gasteiger partial charge < -0.3 is 9.64 Å². The van der Waals surface area contributed by atoms with E-state index in [0.29, 0.717) is 21.3 Å². The summed E-state index contributed by atoms with van der Waals surface area (Å²) in [7, 11) is 1.78. The second-order valence-corrected chi connectivity index (χ2v) is 5.67. The van der Waals surface area contributed by atoms with E-state index in [1.54, 1.807) is 37.1 Å². The SMILES string of the molecule is CCOC(=O)c1nc(N(C)c2cc(C)c(Cl)nn2)ccc1Br. The van der Waals surface area contributed by atoms with Gasteiger partial charge in [0.2, 0.25) is 0 Å². The van der Waals surface area contributed by atoms with Crippen LogP contribution < -0.4 is 4.90 Å². The molecule has 0 aliphatic heterocycles. The third-order valence-electron chi connectivity index (χ3n) is 2.90. The van der Waals surface area contributed by atoms with Gasteiger partial charge in [-0.05, 0) is 53.5 Å². The Bertz CT molecular complexity index is 711. The van der Waals surface area contributed by atoms with Crippen molar-refractivity contribution in [2.24, 2.45) is 0 Å². The van der Waals surface area contributed by atoms with Gasteiger partial charge in [0.1, 0.15) is 5.82 Å². The molecule has 0 saturated heterocycles. The maximum Gasteiger partial charge on any atom is 0.358 e. The topological polar surface area (TPSA) is 68.2 Å². The number of rotatable bonds is 4. The van der Waals surface area contributed by atoms with Gasteiger partial charge >= 0.3 is 5.97 Å². The van der Waals surface area contributed by atoms with Crippen molar-refractivity contribution in [1.29, 1.82) is 0 Å². The lowest BCUT2D eigenvalue weighted by molar-refractivity contribution is 0.0518. The van der Waals surface area contributed by atoms with Gasteiger partial charge in [-0.1, -0.05) is 11.6 Å². The monoisotopic (exact) mass is 384 g/mol. The highest BCUT2D eigenvalue weighted by Crippen LogP contribution is 2.25. The molecule has 0 radical (unpaired) electrons. The summed E-state index contributed by atoms with van der Waals surface area (Å²) >= 11 is 9.18. The van der Waals surface area contributed by atoms with Crippen LogP contribution in [0.25, 0.3) is 0 Å². The van der Waals surface area contributed by atoms with Gasteiger partial charge in [0.05, 0.1) is 11.1 Å². The molecular formula is C14H14BrClN4O2. The van der Waals surface area contributed by atoms with Crippen LogP contribution in [0.3, 0.4) is 0 Å². The fraction of sp³-hybridized carbons (Fsp3) is 0.286. The fourth-order valence-electron chi connectivity index (χ4n) is 1.70. The van der Waals surface area contributed by atoms with Crippen LogP contribution in [-0.4, -0.2) is 34.8 Å². The van der Waals surface area contributed by atoms with Crippen LogP contribution in [0.2, 0.25) is 5.15 Å². The number of hydrogen-bond acceptors (Lipinski definition) is 6. The van der Waals surface area contributed by atoms with Crippen molar-refractivity contribution < 1.29 is 9.53 Å². The highest BCUT2D eigenvalue weighted by molar-refractivity contribution is 9.10. The minimum atomic E-state index is -0.483. The van der Waals surface area contributed by atoms with Crippen LogP contribution in [0.15, 0.2) is 22.7 Å². The van der Waals surface area contributed by atoms with Crippen molar-refractivity contribution in [3.8, 4) is 0 Å². The number of aromatic nitrogens is 3. The summed E-state index contributed by atoms with van der Waals surface area (Å²) in [4.78, 5) is 17.9. The van der Waals surface area contributed by atoms with Crippen LogP contribution in [0.4, 0.5) is 11.6 Å². The lowest BCUT2D eigenvalue weighted by Crippen LogP contribution is -2.16. The first-order valence-corrected chi connectivity index (χ1v) is 7.68. The molecule has 0 atom stereocenters. The van der Waals surface area contributed by atoms with E-state index in [-0.39, 0.29) is 12.3 Å². The van der Waals surface area contributed by atoms with E-state index < -0.39 is 5.97 Å². The Morgan fingerprint density at radius 2 is 2.09 bits per heavy atom. The molecule has 0 unspecified atom stereocenters. The first-order chi connectivity index (χ1) is 10.4. The quantitative estimate of drug-likeness (QED) is 0.750. The molecule has 0 aliphatic carbocycles. The number of carbonyl (C=O) groups is 1. The number of halogens is 2. The van der Waals surface area contributed by atoms with Crippen molar-refractivity contribution in [2.75, 3.05) is 18.6 Å². The first-order valence-electron chi connectivity index (χ1n) is 6.51. The van der Waals surface area contributed by atoms with Crippen molar-refractivity contribution in [1.82, 2.24) is 15.2 Å². The minimum Gasteiger partial charge on any atom is -0.461 e. The molecule has 2 aromatic heterocycles. The summed E-state index contributed by atoms with van der Waals surface area (Å²) in [6.07, 6.45) is 0. The Morgan fingerprint density at radius 3 is 2.73 bits per heavy atom. The largest absolute Gasteiger partial charge is 0.461 e. The average molecular weight is 386 g/mol. The van der Waals surface area contributed by atoms with E-state index in [0.717, 1.165) is 5.56 Å². The Morgan fingerprint density at radius 1 is 1.36 bits per heavy atom. The van der Waals surface area contributed by atoms with E-state index in [9.17, 15) is 4.79 Å². The van der Waals surface area contributed by atoms with Crippen molar-refractivity contribution in [3.63, 3.8) is 0 Å². The Kier molecular flexibility index (Phi) is 5.31. The number of ether oxygens (including phenoxy) is 1. The summed E-state index contributed by atoms with van der Waals surface area (Å²) in [5.74, 6) is 0.636. The van der Waals surface area contributed by atoms with Crippen LogP contribution >= 0.6 is 27.5 Å². The molecule has 2 rings (SSSR count). The zero-order chi connectivity index (χ0) is 16.3. The van der Waals surface area contributed by atoms with E-state index in [2.05, 4.69) is 31.1 Å². The molecule has 0 aliphatic rings. The molecular weight excluding hydrogens is 372 g/mol. The lowest BCUT2D eigenvalue weighted by atomic mass is 10.3. The minimum absolute atomic E-state index is 0.213. The Balaban J connectivity index is 2.37. The summed E-state index contributed by atoms with van der Waals surface area (Å²) in [6.45, 7) is 3.87. The molecule has 0 spiro atoms. The molecule has 0 bridgehead atoms. The average Bonchev–Trinajstić information content (AvgIpc) is 2.50. The molecule has 0 saturated carbocycles. The smallest absolute Gasteiger partial charge is 0.358 e. The highest BCUT2D eigenvalue weighted by Gasteiger charge is 2.17. The van der Waals surface area contributed by atoms with E-state index in [1.807, 2.05) is 6.92 Å². The maximum atomic E-state index is 11.9. The molecule has 116 valence electrons. The third kappa shape index (κ3) is 3.53. The van der Waals surface area contributed by atoms with Gasteiger partial charge in [-0.15, -0.1) is 10.2 Å². The van der Waals surface area contributed by atoms with Gasteiger partial charge in [0, 0.05) is 7.05 Å². The molecule has 22 heavy (non-hydrogen) atoms. The molecule has 0 aromatic carbocycles. The fourth-order valence-corrected chi connectivity index (χ4v) is 2.17. The normalized spacial score (nSPS) is 10.4. The first kappa shape index (κ1) is 16.6. The second kappa shape index (κ2) is 7.02. The molecule has 8 heteroatoms. The number of esters is 1. The molecule has 2 aromatic rings. The van der Waals surface area contributed by atoms with Crippen LogP contribution in [-0.2, 0) is 4.74 Å². The lowest BCUT2D eigenvalue weighted by Gasteiger charge is -2.18. The molecule has 6 nitrogen and oxygen atoms in total. The number of nitrogens with zero attached hydrogens (tertiary/aromatic N) is 4. The van der Waals surface area contributed by atoms with Gasteiger partial charge in [0.25, 0.3) is 0 Å². The van der Waals surface area contributed by atoms with Crippen molar-refractivity contribution in [2.45, 2.75) is 13.8 Å². The highest BCUT2D eigenvalue weighted by atomic mass is 79.9. The zero-order valence-corrected chi connectivity index (χ0v) is 14.6. The predicted molar refractivity (Wildman–Crippen MR) is 87.7 cm³/mol. The van der Waals surface area contributed by atoms with E-state index >= 15 is 0 Å². The summed E-state index contributed by atoms with van der Waals surface area (Å²) in [5, 5.41) is 8.25.